The molecule has 33 heavy (non-hydrogen) atoms. The van der Waals surface area contributed by atoms with Crippen LogP contribution in [0.3, 0.4) is 0 Å². The Morgan fingerprint density at radius 2 is 2.03 bits per heavy atom. The highest BCUT2D eigenvalue weighted by atomic mass is 32.3. The lowest BCUT2D eigenvalue weighted by Gasteiger charge is -2.25. The summed E-state index contributed by atoms with van der Waals surface area (Å²) >= 11 is 0. The Labute approximate surface area is 189 Å². The third kappa shape index (κ3) is 3.96. The van der Waals surface area contributed by atoms with Crippen LogP contribution in [0.15, 0.2) is 17.1 Å². The van der Waals surface area contributed by atoms with Crippen molar-refractivity contribution >= 4 is 33.0 Å². The molecule has 3 heterocycles. The van der Waals surface area contributed by atoms with Gasteiger partial charge < -0.3 is 23.7 Å². The second-order valence-corrected chi connectivity index (χ2v) is 9.84. The number of pyridine rings is 1. The van der Waals surface area contributed by atoms with Crippen molar-refractivity contribution in [2.45, 2.75) is 37.8 Å². The Bertz CT molecular complexity index is 1290. The summed E-state index contributed by atoms with van der Waals surface area (Å²) in [7, 11) is -3.71. The van der Waals surface area contributed by atoms with E-state index in [-0.39, 0.29) is 28.9 Å². The van der Waals surface area contributed by atoms with Gasteiger partial charge in [-0.2, -0.15) is 8.42 Å². The molecule has 2 aromatic rings. The molecule has 1 saturated carbocycles. The summed E-state index contributed by atoms with van der Waals surface area (Å²) in [6.45, 7) is 2.19. The fourth-order valence-corrected chi connectivity index (χ4v) is 5.37. The van der Waals surface area contributed by atoms with E-state index in [9.17, 15) is 18.0 Å². The normalized spacial score (nSPS) is 22.9. The van der Waals surface area contributed by atoms with Crippen LogP contribution in [0.1, 0.15) is 42.1 Å². The number of hydrogen-bond donors (Lipinski definition) is 2. The molecule has 3 aliphatic rings. The summed E-state index contributed by atoms with van der Waals surface area (Å²) in [6.07, 6.45) is 4.84. The van der Waals surface area contributed by atoms with Crippen LogP contribution in [-0.4, -0.2) is 56.3 Å². The van der Waals surface area contributed by atoms with Gasteiger partial charge in [-0.3, -0.25) is 9.35 Å². The summed E-state index contributed by atoms with van der Waals surface area (Å²) in [5.74, 6) is -1.61. The van der Waals surface area contributed by atoms with Gasteiger partial charge in [0.15, 0.2) is 11.6 Å². The standard InChI is InChI=1S/C21H24FN3O7S/c1-31-20-17-13(7-15(22)18(20)24-8-11-3-2-6-23-16(11)10-24)19(26)14(9-25(17)12-4-5-12)21(27)32-33(28,29)30/h7,9,11-12,16,23H,2-6,8,10H2,1H3,(H,28,29,30). The zero-order valence-corrected chi connectivity index (χ0v) is 18.7. The molecule has 2 atom stereocenters. The van der Waals surface area contributed by atoms with Crippen LogP contribution in [0.25, 0.3) is 10.9 Å². The molecule has 0 radical (unpaired) electrons. The maximum absolute atomic E-state index is 15.5. The van der Waals surface area contributed by atoms with Crippen LogP contribution in [0, 0.1) is 11.7 Å². The first-order valence-corrected chi connectivity index (χ1v) is 12.2. The number of methoxy groups -OCH3 is 1. The highest BCUT2D eigenvalue weighted by molar-refractivity contribution is 7.81. The zero-order valence-electron chi connectivity index (χ0n) is 17.9. The van der Waals surface area contributed by atoms with E-state index in [4.69, 9.17) is 9.29 Å². The SMILES string of the molecule is COc1c(N2CC3CCCNC3C2)c(F)cc2c(=O)c(C(=O)OS(=O)(=O)O)cn(C3CC3)c12. The number of rotatable bonds is 5. The molecule has 178 valence electrons. The minimum Gasteiger partial charge on any atom is -0.492 e. The Hall–Kier alpha value is -2.70. The van der Waals surface area contributed by atoms with E-state index in [0.29, 0.717) is 24.5 Å². The van der Waals surface area contributed by atoms with Gasteiger partial charge >= 0.3 is 16.4 Å². The highest BCUT2D eigenvalue weighted by Crippen LogP contribution is 2.45. The summed E-state index contributed by atoms with van der Waals surface area (Å²) in [6, 6.07) is 1.25. The number of fused-ring (bicyclic) bond motifs is 2. The third-order valence-electron chi connectivity index (χ3n) is 6.66. The van der Waals surface area contributed by atoms with Gasteiger partial charge in [0.2, 0.25) is 5.43 Å². The number of anilines is 1. The average Bonchev–Trinajstić information content (AvgIpc) is 3.50. The second kappa shape index (κ2) is 7.96. The molecule has 12 heteroatoms. The lowest BCUT2D eigenvalue weighted by molar-refractivity contribution is 0.0725. The molecule has 5 rings (SSSR count). The fourth-order valence-electron chi connectivity index (χ4n) is 5.09. The molecular weight excluding hydrogens is 457 g/mol. The van der Waals surface area contributed by atoms with E-state index in [1.54, 1.807) is 4.57 Å². The van der Waals surface area contributed by atoms with E-state index in [1.165, 1.54) is 13.3 Å². The maximum Gasteiger partial charge on any atom is 0.449 e. The summed E-state index contributed by atoms with van der Waals surface area (Å²) in [5, 5.41) is 3.36. The molecule has 1 aromatic carbocycles. The quantitative estimate of drug-likeness (QED) is 0.613. The largest absolute Gasteiger partial charge is 0.492 e. The van der Waals surface area contributed by atoms with Gasteiger partial charge in [-0.15, -0.1) is 0 Å². The smallest absolute Gasteiger partial charge is 0.449 e. The van der Waals surface area contributed by atoms with E-state index < -0.39 is 33.2 Å². The van der Waals surface area contributed by atoms with Gasteiger partial charge in [-0.1, -0.05) is 0 Å². The van der Waals surface area contributed by atoms with Gasteiger partial charge in [0.25, 0.3) is 0 Å². The van der Waals surface area contributed by atoms with E-state index in [1.807, 2.05) is 4.90 Å². The molecule has 0 bridgehead atoms. The van der Waals surface area contributed by atoms with E-state index >= 15 is 4.39 Å². The number of carbonyl (C=O) groups is 1. The monoisotopic (exact) mass is 481 g/mol. The van der Waals surface area contributed by atoms with Crippen LogP contribution >= 0.6 is 0 Å². The summed E-state index contributed by atoms with van der Waals surface area (Å²) < 4.78 is 57.6. The summed E-state index contributed by atoms with van der Waals surface area (Å²) in [4.78, 5) is 27.3. The molecule has 2 unspecified atom stereocenters. The topological polar surface area (TPSA) is 127 Å². The van der Waals surface area contributed by atoms with Crippen molar-refractivity contribution in [2.75, 3.05) is 31.6 Å². The van der Waals surface area contributed by atoms with Crippen molar-refractivity contribution in [1.82, 2.24) is 9.88 Å². The maximum atomic E-state index is 15.5. The molecule has 2 aliphatic heterocycles. The molecule has 3 fully saturated rings. The van der Waals surface area contributed by atoms with Crippen molar-refractivity contribution in [3.8, 4) is 5.75 Å². The van der Waals surface area contributed by atoms with Crippen molar-refractivity contribution in [2.24, 2.45) is 5.92 Å². The summed E-state index contributed by atoms with van der Waals surface area (Å²) in [5.41, 5.74) is -0.912. The van der Waals surface area contributed by atoms with Crippen LogP contribution in [0.4, 0.5) is 10.1 Å². The molecule has 10 nitrogen and oxygen atoms in total. The van der Waals surface area contributed by atoms with Crippen molar-refractivity contribution < 1.29 is 31.1 Å². The Morgan fingerprint density at radius 3 is 2.67 bits per heavy atom. The first-order valence-electron chi connectivity index (χ1n) is 10.8. The number of halogens is 1. The lowest BCUT2D eigenvalue weighted by atomic mass is 9.94. The van der Waals surface area contributed by atoms with Gasteiger partial charge in [-0.25, -0.2) is 9.18 Å². The zero-order chi connectivity index (χ0) is 23.5. The number of piperidine rings is 1. The van der Waals surface area contributed by atoms with Gasteiger partial charge in [-0.05, 0) is 44.2 Å². The lowest BCUT2D eigenvalue weighted by Crippen LogP contribution is -2.40. The number of ether oxygens (including phenoxy) is 1. The molecule has 2 saturated heterocycles. The van der Waals surface area contributed by atoms with Gasteiger partial charge in [0, 0.05) is 31.4 Å². The molecule has 2 N–H and O–H groups in total. The Kier molecular flexibility index (Phi) is 5.33. The first kappa shape index (κ1) is 22.1. The van der Waals surface area contributed by atoms with E-state index in [2.05, 4.69) is 9.50 Å². The Balaban J connectivity index is 1.69. The molecular formula is C21H24FN3O7S. The number of carbonyl (C=O) groups excluding carboxylic acids is 1. The third-order valence-corrected chi connectivity index (χ3v) is 7.02. The molecule has 1 aliphatic carbocycles. The van der Waals surface area contributed by atoms with Crippen molar-refractivity contribution in [3.05, 3.63) is 33.9 Å². The van der Waals surface area contributed by atoms with Crippen molar-refractivity contribution in [1.29, 1.82) is 0 Å². The second-order valence-electron chi connectivity index (χ2n) is 8.81. The average molecular weight is 482 g/mol. The first-order chi connectivity index (χ1) is 15.7. The molecule has 0 spiro atoms. The minimum absolute atomic E-state index is 0.0691. The molecule has 1 aromatic heterocycles. The van der Waals surface area contributed by atoms with E-state index in [0.717, 1.165) is 38.3 Å². The fraction of sp³-hybridized carbons (Fsp3) is 0.524. The number of nitrogens with one attached hydrogen (secondary N) is 1. The minimum atomic E-state index is -5.12. The van der Waals surface area contributed by atoms with Crippen LogP contribution in [-0.2, 0) is 14.6 Å². The van der Waals surface area contributed by atoms with Crippen LogP contribution in [0.2, 0.25) is 0 Å². The van der Waals surface area contributed by atoms with Gasteiger partial charge in [0.05, 0.1) is 18.0 Å². The predicted octanol–water partition coefficient (Wildman–Crippen LogP) is 1.63. The Morgan fingerprint density at radius 1 is 1.27 bits per heavy atom. The van der Waals surface area contributed by atoms with Crippen molar-refractivity contribution in [3.63, 3.8) is 0 Å². The van der Waals surface area contributed by atoms with Crippen LogP contribution in [0.5, 0.6) is 5.75 Å². The number of aromatic nitrogens is 1. The highest BCUT2D eigenvalue weighted by Gasteiger charge is 2.38. The molecule has 0 amide bonds. The number of benzene rings is 1. The predicted molar refractivity (Wildman–Crippen MR) is 117 cm³/mol. The number of nitrogens with zero attached hydrogens (tertiary/aromatic N) is 2. The number of hydrogen-bond acceptors (Lipinski definition) is 8. The van der Waals surface area contributed by atoms with Gasteiger partial charge in [0.1, 0.15) is 11.3 Å². The van der Waals surface area contributed by atoms with Crippen LogP contribution < -0.4 is 20.4 Å².